The molecule has 0 aliphatic carbocycles. The van der Waals surface area contributed by atoms with Crippen molar-refractivity contribution in [2.45, 2.75) is 20.0 Å². The fourth-order valence-electron chi connectivity index (χ4n) is 2.39. The van der Waals surface area contributed by atoms with Gasteiger partial charge in [0.15, 0.2) is 0 Å². The van der Waals surface area contributed by atoms with Gasteiger partial charge < -0.3 is 5.32 Å². The summed E-state index contributed by atoms with van der Waals surface area (Å²) in [5.74, 6) is 0.638. The van der Waals surface area contributed by atoms with E-state index < -0.39 is 0 Å². The summed E-state index contributed by atoms with van der Waals surface area (Å²) < 4.78 is 4.98. The fraction of sp³-hybridized carbons (Fsp3) is 0.385. The lowest BCUT2D eigenvalue weighted by atomic mass is 10.2. The number of hydrogen-bond acceptors (Lipinski definition) is 5. The Bertz CT molecular complexity index is 842. The van der Waals surface area contributed by atoms with E-state index in [2.05, 4.69) is 20.8 Å². The third kappa shape index (κ3) is 2.18. The summed E-state index contributed by atoms with van der Waals surface area (Å²) in [6.07, 6.45) is 0. The second-order valence-electron chi connectivity index (χ2n) is 4.90. The van der Waals surface area contributed by atoms with E-state index in [1.807, 2.05) is 25.1 Å². The van der Waals surface area contributed by atoms with Crippen molar-refractivity contribution in [1.29, 1.82) is 0 Å². The lowest BCUT2D eigenvalue weighted by Gasteiger charge is -2.06. The van der Waals surface area contributed by atoms with Gasteiger partial charge in [-0.1, -0.05) is 11.2 Å². The molecule has 0 aliphatic rings. The molecule has 0 unspecified atom stereocenters. The summed E-state index contributed by atoms with van der Waals surface area (Å²) in [6, 6.07) is 5.95. The third-order valence-electron chi connectivity index (χ3n) is 3.62. The molecule has 110 valence electrons. The maximum Gasteiger partial charge on any atom is 0.328 e. The minimum Gasteiger partial charge on any atom is -0.349 e. The first-order chi connectivity index (χ1) is 10.1. The first kappa shape index (κ1) is 13.3. The number of fused-ring (bicyclic) bond motifs is 1. The number of benzene rings is 1. The van der Waals surface area contributed by atoms with Crippen molar-refractivity contribution in [1.82, 2.24) is 29.3 Å². The van der Waals surface area contributed by atoms with Crippen molar-refractivity contribution < 1.29 is 0 Å². The van der Waals surface area contributed by atoms with Crippen LogP contribution in [0.4, 0.5) is 5.95 Å². The zero-order valence-corrected chi connectivity index (χ0v) is 12.2. The van der Waals surface area contributed by atoms with Crippen LogP contribution >= 0.6 is 0 Å². The number of rotatable bonds is 4. The molecule has 1 N–H and O–H groups in total. The van der Waals surface area contributed by atoms with Gasteiger partial charge in [-0.25, -0.2) is 9.48 Å². The molecule has 0 atom stereocenters. The van der Waals surface area contributed by atoms with Crippen LogP contribution in [0, 0.1) is 0 Å². The van der Waals surface area contributed by atoms with Crippen molar-refractivity contribution >= 4 is 17.0 Å². The highest BCUT2D eigenvalue weighted by Crippen LogP contribution is 2.15. The van der Waals surface area contributed by atoms with Crippen LogP contribution in [0.5, 0.6) is 0 Å². The summed E-state index contributed by atoms with van der Waals surface area (Å²) in [7, 11) is 3.55. The Balaban J connectivity index is 1.88. The second-order valence-corrected chi connectivity index (χ2v) is 4.90. The molecule has 0 bridgehead atoms. The number of tetrazole rings is 1. The topological polar surface area (TPSA) is 82.6 Å². The molecule has 0 fully saturated rings. The number of aryl methyl sites for hydroxylation is 3. The van der Waals surface area contributed by atoms with Crippen LogP contribution in [-0.2, 0) is 27.2 Å². The molecular weight excluding hydrogens is 270 g/mol. The van der Waals surface area contributed by atoms with E-state index in [0.717, 1.165) is 16.6 Å². The summed E-state index contributed by atoms with van der Waals surface area (Å²) in [4.78, 5) is 11.9. The van der Waals surface area contributed by atoms with Crippen molar-refractivity contribution in [3.63, 3.8) is 0 Å². The van der Waals surface area contributed by atoms with Crippen LogP contribution in [0.3, 0.4) is 0 Å². The van der Waals surface area contributed by atoms with E-state index in [9.17, 15) is 4.79 Å². The number of aromatic nitrogens is 6. The summed E-state index contributed by atoms with van der Waals surface area (Å²) in [6.45, 7) is 3.29. The lowest BCUT2D eigenvalue weighted by molar-refractivity contribution is 0.629. The van der Waals surface area contributed by atoms with Gasteiger partial charge in [0.1, 0.15) is 0 Å². The van der Waals surface area contributed by atoms with Crippen molar-refractivity contribution in [3.05, 3.63) is 34.2 Å². The molecule has 0 radical (unpaired) electrons. The fourth-order valence-corrected chi connectivity index (χ4v) is 2.39. The average Bonchev–Trinajstić information content (AvgIpc) is 3.05. The van der Waals surface area contributed by atoms with Gasteiger partial charge >= 0.3 is 5.69 Å². The van der Waals surface area contributed by atoms with Crippen LogP contribution in [0.2, 0.25) is 0 Å². The van der Waals surface area contributed by atoms with Crippen LogP contribution in [-0.4, -0.2) is 29.3 Å². The standard InChI is InChI=1S/C13H17N7O/c1-4-20-12(15-16-17-20)14-8-9-5-6-10-11(7-9)19(3)13(21)18(10)2/h5-7H,4,8H2,1-3H3,(H,14,15,17). The summed E-state index contributed by atoms with van der Waals surface area (Å²) >= 11 is 0. The molecular formula is C13H17N7O. The van der Waals surface area contributed by atoms with E-state index >= 15 is 0 Å². The van der Waals surface area contributed by atoms with Crippen molar-refractivity contribution in [3.8, 4) is 0 Å². The van der Waals surface area contributed by atoms with Crippen LogP contribution in [0.1, 0.15) is 12.5 Å². The Labute approximate surface area is 121 Å². The smallest absolute Gasteiger partial charge is 0.328 e. The number of anilines is 1. The third-order valence-corrected chi connectivity index (χ3v) is 3.62. The van der Waals surface area contributed by atoms with Gasteiger partial charge in [0, 0.05) is 27.2 Å². The van der Waals surface area contributed by atoms with Gasteiger partial charge in [-0.2, -0.15) is 0 Å². The zero-order chi connectivity index (χ0) is 15.0. The molecule has 0 aliphatic heterocycles. The maximum absolute atomic E-state index is 11.9. The quantitative estimate of drug-likeness (QED) is 0.755. The first-order valence-corrected chi connectivity index (χ1v) is 6.76. The van der Waals surface area contributed by atoms with Crippen molar-refractivity contribution in [2.24, 2.45) is 14.1 Å². The number of imidazole rings is 1. The van der Waals surface area contributed by atoms with Gasteiger partial charge in [-0.3, -0.25) is 9.13 Å². The molecule has 0 saturated carbocycles. The van der Waals surface area contributed by atoms with E-state index in [1.165, 1.54) is 0 Å². The Hall–Kier alpha value is -2.64. The minimum absolute atomic E-state index is 0.0231. The number of nitrogens with one attached hydrogen (secondary N) is 1. The number of nitrogens with zero attached hydrogens (tertiary/aromatic N) is 6. The first-order valence-electron chi connectivity index (χ1n) is 6.76. The molecule has 2 heterocycles. The molecule has 3 aromatic rings. The second kappa shape index (κ2) is 5.04. The maximum atomic E-state index is 11.9. The molecule has 8 nitrogen and oxygen atoms in total. The number of hydrogen-bond donors (Lipinski definition) is 1. The highest BCUT2D eigenvalue weighted by Gasteiger charge is 2.09. The molecule has 0 spiro atoms. The highest BCUT2D eigenvalue weighted by atomic mass is 16.1. The monoisotopic (exact) mass is 287 g/mol. The highest BCUT2D eigenvalue weighted by molar-refractivity contribution is 5.76. The Kier molecular flexibility index (Phi) is 3.20. The lowest BCUT2D eigenvalue weighted by Crippen LogP contribution is -2.19. The Morgan fingerprint density at radius 1 is 1.19 bits per heavy atom. The van der Waals surface area contributed by atoms with Gasteiger partial charge in [-0.05, 0) is 35.0 Å². The van der Waals surface area contributed by atoms with Crippen molar-refractivity contribution in [2.75, 3.05) is 5.32 Å². The molecule has 0 amide bonds. The van der Waals surface area contributed by atoms with E-state index in [-0.39, 0.29) is 5.69 Å². The predicted octanol–water partition coefficient (Wildman–Crippen LogP) is 0.495. The molecule has 2 aromatic heterocycles. The van der Waals surface area contributed by atoms with Gasteiger partial charge in [0.05, 0.1) is 11.0 Å². The average molecular weight is 287 g/mol. The normalized spacial score (nSPS) is 11.2. The molecule has 3 rings (SSSR count). The largest absolute Gasteiger partial charge is 0.349 e. The Morgan fingerprint density at radius 3 is 2.71 bits per heavy atom. The van der Waals surface area contributed by atoms with Gasteiger partial charge in [0.2, 0.25) is 5.95 Å². The molecule has 0 saturated heterocycles. The minimum atomic E-state index is -0.0231. The summed E-state index contributed by atoms with van der Waals surface area (Å²) in [5, 5.41) is 14.6. The Morgan fingerprint density at radius 2 is 1.95 bits per heavy atom. The molecule has 21 heavy (non-hydrogen) atoms. The molecule has 1 aromatic carbocycles. The van der Waals surface area contributed by atoms with E-state index in [0.29, 0.717) is 19.0 Å². The van der Waals surface area contributed by atoms with E-state index in [4.69, 9.17) is 0 Å². The SMILES string of the molecule is CCn1nnnc1NCc1ccc2c(c1)n(C)c(=O)n2C. The zero-order valence-electron chi connectivity index (χ0n) is 12.2. The van der Waals surface area contributed by atoms with Gasteiger partial charge in [-0.15, -0.1) is 0 Å². The molecule has 8 heteroatoms. The van der Waals surface area contributed by atoms with Gasteiger partial charge in [0.25, 0.3) is 0 Å². The van der Waals surface area contributed by atoms with Crippen LogP contribution in [0.25, 0.3) is 11.0 Å². The van der Waals surface area contributed by atoms with Crippen LogP contribution in [0.15, 0.2) is 23.0 Å². The predicted molar refractivity (Wildman–Crippen MR) is 79.0 cm³/mol. The van der Waals surface area contributed by atoms with E-state index in [1.54, 1.807) is 27.9 Å². The van der Waals surface area contributed by atoms with Crippen LogP contribution < -0.4 is 11.0 Å². The summed E-state index contributed by atoms with van der Waals surface area (Å²) in [5.41, 5.74) is 2.88.